The zero-order chi connectivity index (χ0) is 12.8. The van der Waals surface area contributed by atoms with Crippen molar-refractivity contribution in [2.45, 2.75) is 6.54 Å². The van der Waals surface area contributed by atoms with Crippen LogP contribution in [0.25, 0.3) is 0 Å². The number of rotatable bonds is 5. The van der Waals surface area contributed by atoms with E-state index in [1.165, 1.54) is 7.11 Å². The van der Waals surface area contributed by atoms with Gasteiger partial charge in [0.2, 0.25) is 0 Å². The van der Waals surface area contributed by atoms with E-state index >= 15 is 0 Å². The summed E-state index contributed by atoms with van der Waals surface area (Å²) in [5.41, 5.74) is 1.38. The maximum atomic E-state index is 10.5. The van der Waals surface area contributed by atoms with Crippen molar-refractivity contribution in [1.82, 2.24) is 4.90 Å². The van der Waals surface area contributed by atoms with Crippen molar-refractivity contribution in [2.24, 2.45) is 0 Å². The highest BCUT2D eigenvalue weighted by molar-refractivity contribution is 5.69. The van der Waals surface area contributed by atoms with Crippen LogP contribution in [0.5, 0.6) is 5.75 Å². The molecule has 17 heavy (non-hydrogen) atoms. The fourth-order valence-corrected chi connectivity index (χ4v) is 1.52. The highest BCUT2D eigenvalue weighted by Gasteiger charge is 2.09. The molecule has 1 rings (SSSR count). The summed E-state index contributed by atoms with van der Waals surface area (Å²) >= 11 is 0. The predicted molar refractivity (Wildman–Crippen MR) is 61.7 cm³/mol. The van der Waals surface area contributed by atoms with Crippen LogP contribution in [-0.2, 0) is 11.3 Å². The first kappa shape index (κ1) is 13.0. The summed E-state index contributed by atoms with van der Waals surface area (Å²) in [4.78, 5) is 12.2. The molecule has 0 amide bonds. The molecule has 0 aliphatic carbocycles. The first-order valence-corrected chi connectivity index (χ1v) is 5.04. The normalized spacial score (nSPS) is 10.0. The average molecular weight is 234 g/mol. The third kappa shape index (κ3) is 3.78. The molecule has 0 unspecified atom stereocenters. The molecule has 0 atom stereocenters. The third-order valence-electron chi connectivity index (χ3n) is 2.26. The fourth-order valence-electron chi connectivity index (χ4n) is 1.52. The van der Waals surface area contributed by atoms with Crippen LogP contribution in [0, 0.1) is 11.3 Å². The van der Waals surface area contributed by atoms with Crippen LogP contribution in [0.15, 0.2) is 18.2 Å². The number of benzene rings is 1. The highest BCUT2D eigenvalue weighted by atomic mass is 16.5. The van der Waals surface area contributed by atoms with Gasteiger partial charge in [-0.25, -0.2) is 0 Å². The van der Waals surface area contributed by atoms with E-state index in [1.807, 2.05) is 6.07 Å². The number of carbonyl (C=O) groups is 1. The lowest BCUT2D eigenvalue weighted by Crippen LogP contribution is -2.25. The highest BCUT2D eigenvalue weighted by Crippen LogP contribution is 2.21. The van der Waals surface area contributed by atoms with Gasteiger partial charge in [0.05, 0.1) is 25.3 Å². The van der Waals surface area contributed by atoms with Gasteiger partial charge in [0, 0.05) is 12.1 Å². The lowest BCUT2D eigenvalue weighted by molar-refractivity contribution is -0.138. The van der Waals surface area contributed by atoms with Gasteiger partial charge in [0.15, 0.2) is 0 Å². The Morgan fingerprint density at radius 3 is 2.82 bits per heavy atom. The van der Waals surface area contributed by atoms with E-state index in [1.54, 1.807) is 30.1 Å². The smallest absolute Gasteiger partial charge is 0.317 e. The Labute approximate surface area is 99.8 Å². The Morgan fingerprint density at radius 2 is 2.29 bits per heavy atom. The van der Waals surface area contributed by atoms with Crippen LogP contribution in [0.2, 0.25) is 0 Å². The zero-order valence-corrected chi connectivity index (χ0v) is 9.80. The maximum absolute atomic E-state index is 10.5. The van der Waals surface area contributed by atoms with Crippen molar-refractivity contribution in [3.8, 4) is 11.8 Å². The van der Waals surface area contributed by atoms with Crippen molar-refractivity contribution in [3.63, 3.8) is 0 Å². The summed E-state index contributed by atoms with van der Waals surface area (Å²) in [6.07, 6.45) is 0. The van der Waals surface area contributed by atoms with E-state index in [-0.39, 0.29) is 6.54 Å². The van der Waals surface area contributed by atoms with Gasteiger partial charge in [-0.2, -0.15) is 5.26 Å². The number of nitriles is 1. The molecular weight excluding hydrogens is 220 g/mol. The van der Waals surface area contributed by atoms with Crippen LogP contribution >= 0.6 is 0 Å². The lowest BCUT2D eigenvalue weighted by atomic mass is 10.1. The fraction of sp³-hybridized carbons (Fsp3) is 0.333. The Kier molecular flexibility index (Phi) is 4.49. The first-order valence-electron chi connectivity index (χ1n) is 5.04. The van der Waals surface area contributed by atoms with Gasteiger partial charge < -0.3 is 9.84 Å². The lowest BCUT2D eigenvalue weighted by Gasteiger charge is -2.16. The van der Waals surface area contributed by atoms with Crippen LogP contribution in [0.4, 0.5) is 0 Å². The van der Waals surface area contributed by atoms with Gasteiger partial charge in [0.1, 0.15) is 5.75 Å². The molecule has 0 radical (unpaired) electrons. The summed E-state index contributed by atoms with van der Waals surface area (Å²) in [5, 5.41) is 17.4. The van der Waals surface area contributed by atoms with Gasteiger partial charge >= 0.3 is 5.97 Å². The van der Waals surface area contributed by atoms with E-state index in [2.05, 4.69) is 0 Å². The molecule has 0 fully saturated rings. The van der Waals surface area contributed by atoms with E-state index in [9.17, 15) is 4.79 Å². The van der Waals surface area contributed by atoms with E-state index < -0.39 is 5.97 Å². The molecule has 0 saturated heterocycles. The number of ether oxygens (including phenoxy) is 1. The zero-order valence-electron chi connectivity index (χ0n) is 9.80. The molecule has 5 heteroatoms. The van der Waals surface area contributed by atoms with Crippen LogP contribution in [-0.4, -0.2) is 36.7 Å². The van der Waals surface area contributed by atoms with Gasteiger partial charge in [-0.1, -0.05) is 6.07 Å². The van der Waals surface area contributed by atoms with Crippen LogP contribution in [0.1, 0.15) is 11.1 Å². The minimum absolute atomic E-state index is 0.0385. The Hall–Kier alpha value is -2.06. The molecule has 1 aromatic carbocycles. The standard InChI is InChI=1S/C12H14N2O3/c1-14(8-12(15)16)7-10-4-3-9(6-13)5-11(10)17-2/h3-5H,7-8H2,1-2H3,(H,15,16). The quantitative estimate of drug-likeness (QED) is 0.825. The predicted octanol–water partition coefficient (Wildman–Crippen LogP) is 1.08. The molecular formula is C12H14N2O3. The molecule has 0 saturated carbocycles. The molecule has 1 aromatic rings. The number of nitrogens with zero attached hydrogens (tertiary/aromatic N) is 2. The molecule has 0 spiro atoms. The van der Waals surface area contributed by atoms with Gasteiger partial charge in [-0.3, -0.25) is 9.69 Å². The van der Waals surface area contributed by atoms with Crippen molar-refractivity contribution >= 4 is 5.97 Å². The summed E-state index contributed by atoms with van der Waals surface area (Å²) in [6.45, 7) is 0.421. The van der Waals surface area contributed by atoms with E-state index in [0.717, 1.165) is 5.56 Å². The molecule has 0 heterocycles. The number of likely N-dealkylation sites (N-methyl/N-ethyl adjacent to an activating group) is 1. The molecule has 0 aliphatic rings. The van der Waals surface area contributed by atoms with Gasteiger partial charge in [-0.15, -0.1) is 0 Å². The summed E-state index contributed by atoms with van der Waals surface area (Å²) in [7, 11) is 3.24. The topological polar surface area (TPSA) is 73.6 Å². The van der Waals surface area contributed by atoms with Crippen molar-refractivity contribution < 1.29 is 14.6 Å². The molecule has 1 N–H and O–H groups in total. The van der Waals surface area contributed by atoms with Crippen molar-refractivity contribution in [1.29, 1.82) is 5.26 Å². The molecule has 0 aliphatic heterocycles. The molecule has 90 valence electrons. The first-order chi connectivity index (χ1) is 8.06. The van der Waals surface area contributed by atoms with Crippen molar-refractivity contribution in [2.75, 3.05) is 20.7 Å². The van der Waals surface area contributed by atoms with E-state index in [0.29, 0.717) is 17.9 Å². The Bertz CT molecular complexity index is 452. The van der Waals surface area contributed by atoms with Crippen LogP contribution in [0.3, 0.4) is 0 Å². The number of methoxy groups -OCH3 is 1. The summed E-state index contributed by atoms with van der Waals surface area (Å²) < 4.78 is 5.17. The summed E-state index contributed by atoms with van der Waals surface area (Å²) in [5.74, 6) is -0.276. The molecule has 0 bridgehead atoms. The average Bonchev–Trinajstić information content (AvgIpc) is 2.28. The summed E-state index contributed by atoms with van der Waals surface area (Å²) in [6, 6.07) is 7.13. The number of carboxylic acid groups (broad SMARTS) is 1. The Balaban J connectivity index is 2.84. The number of carboxylic acids is 1. The Morgan fingerprint density at radius 1 is 1.59 bits per heavy atom. The van der Waals surface area contributed by atoms with Crippen molar-refractivity contribution in [3.05, 3.63) is 29.3 Å². The second kappa shape index (κ2) is 5.87. The number of aliphatic carboxylic acids is 1. The number of hydrogen-bond donors (Lipinski definition) is 1. The molecule has 5 nitrogen and oxygen atoms in total. The number of hydrogen-bond acceptors (Lipinski definition) is 4. The van der Waals surface area contributed by atoms with E-state index in [4.69, 9.17) is 15.1 Å². The SMILES string of the molecule is COc1cc(C#N)ccc1CN(C)CC(=O)O. The second-order valence-electron chi connectivity index (χ2n) is 3.70. The monoisotopic (exact) mass is 234 g/mol. The minimum atomic E-state index is -0.875. The van der Waals surface area contributed by atoms with Crippen LogP contribution < -0.4 is 4.74 Å². The second-order valence-corrected chi connectivity index (χ2v) is 3.70. The maximum Gasteiger partial charge on any atom is 0.317 e. The van der Waals surface area contributed by atoms with Gasteiger partial charge in [0.25, 0.3) is 0 Å². The molecule has 0 aromatic heterocycles. The minimum Gasteiger partial charge on any atom is -0.496 e. The largest absolute Gasteiger partial charge is 0.496 e. The third-order valence-corrected chi connectivity index (χ3v) is 2.26. The van der Waals surface area contributed by atoms with Gasteiger partial charge in [-0.05, 0) is 19.2 Å².